The summed E-state index contributed by atoms with van der Waals surface area (Å²) in [5, 5.41) is 9.21. The predicted molar refractivity (Wildman–Crippen MR) is 60.1 cm³/mol. The molecule has 1 aromatic rings. The summed E-state index contributed by atoms with van der Waals surface area (Å²) in [5.74, 6) is -1.69. The Hall–Kier alpha value is -2.30. The van der Waals surface area contributed by atoms with Crippen molar-refractivity contribution in [3.63, 3.8) is 0 Å². The van der Waals surface area contributed by atoms with Gasteiger partial charge in [-0.25, -0.2) is 4.79 Å². The number of allylic oxidation sites excluding steroid dienone is 1. The van der Waals surface area contributed by atoms with Gasteiger partial charge in [0, 0.05) is 11.6 Å². The van der Waals surface area contributed by atoms with Gasteiger partial charge in [-0.15, -0.1) is 0 Å². The van der Waals surface area contributed by atoms with Gasteiger partial charge in [0.25, 0.3) is 0 Å². The molecule has 1 aromatic carbocycles. The molecule has 0 spiro atoms. The van der Waals surface area contributed by atoms with Crippen LogP contribution >= 0.6 is 0 Å². The van der Waals surface area contributed by atoms with E-state index in [9.17, 15) is 14.7 Å². The highest BCUT2D eigenvalue weighted by Crippen LogP contribution is 2.13. The quantitative estimate of drug-likeness (QED) is 0.371. The molecule has 0 fully saturated rings. The van der Waals surface area contributed by atoms with E-state index in [2.05, 4.69) is 4.74 Å². The maximum Gasteiger partial charge on any atom is 0.373 e. The fourth-order valence-corrected chi connectivity index (χ4v) is 1.15. The van der Waals surface area contributed by atoms with E-state index in [0.29, 0.717) is 11.3 Å². The summed E-state index contributed by atoms with van der Waals surface area (Å²) in [4.78, 5) is 22.5. The highest BCUT2D eigenvalue weighted by molar-refractivity contribution is 6.08. The maximum atomic E-state index is 11.6. The lowest BCUT2D eigenvalue weighted by molar-refractivity contribution is -0.139. The number of hydrogen-bond donors (Lipinski definition) is 1. The minimum absolute atomic E-state index is 0.305. The average molecular weight is 236 g/mol. The van der Waals surface area contributed by atoms with Crippen molar-refractivity contribution in [3.05, 3.63) is 41.7 Å². The predicted octanol–water partition coefficient (Wildman–Crippen LogP) is 1.49. The standard InChI is InChI=1S/C12H12O5/c1-16-9-5-3-4-8(6-9)10(13)7-11(14)12(15)17-2/h3-7,14H,1-2H3/b11-7-. The first-order valence-corrected chi connectivity index (χ1v) is 4.76. The summed E-state index contributed by atoms with van der Waals surface area (Å²) >= 11 is 0. The van der Waals surface area contributed by atoms with Gasteiger partial charge in [-0.05, 0) is 12.1 Å². The average Bonchev–Trinajstić information content (AvgIpc) is 2.37. The van der Waals surface area contributed by atoms with E-state index in [4.69, 9.17) is 4.74 Å². The van der Waals surface area contributed by atoms with Gasteiger partial charge in [-0.2, -0.15) is 0 Å². The van der Waals surface area contributed by atoms with Gasteiger partial charge in [0.2, 0.25) is 5.76 Å². The zero-order valence-corrected chi connectivity index (χ0v) is 9.47. The molecule has 0 heterocycles. The van der Waals surface area contributed by atoms with Crippen molar-refractivity contribution < 1.29 is 24.2 Å². The molecular weight excluding hydrogens is 224 g/mol. The van der Waals surface area contributed by atoms with Gasteiger partial charge in [-0.1, -0.05) is 12.1 Å². The van der Waals surface area contributed by atoms with Crippen molar-refractivity contribution in [2.75, 3.05) is 14.2 Å². The van der Waals surface area contributed by atoms with Crippen LogP contribution in [0.2, 0.25) is 0 Å². The molecule has 0 atom stereocenters. The molecule has 17 heavy (non-hydrogen) atoms. The highest BCUT2D eigenvalue weighted by Gasteiger charge is 2.11. The molecule has 0 bridgehead atoms. The number of methoxy groups -OCH3 is 2. The molecular formula is C12H12O5. The van der Waals surface area contributed by atoms with E-state index in [0.717, 1.165) is 13.2 Å². The van der Waals surface area contributed by atoms with Gasteiger partial charge in [0.15, 0.2) is 5.78 Å². The van der Waals surface area contributed by atoms with E-state index in [1.54, 1.807) is 18.2 Å². The normalized spacial score (nSPS) is 10.8. The van der Waals surface area contributed by atoms with Crippen LogP contribution in [-0.2, 0) is 9.53 Å². The number of rotatable bonds is 4. The van der Waals surface area contributed by atoms with Crippen LogP contribution in [0.25, 0.3) is 0 Å². The summed E-state index contributed by atoms with van der Waals surface area (Å²) in [7, 11) is 2.59. The topological polar surface area (TPSA) is 72.8 Å². The Bertz CT molecular complexity index is 462. The summed E-state index contributed by atoms with van der Waals surface area (Å²) < 4.78 is 9.21. The van der Waals surface area contributed by atoms with Crippen LogP contribution in [-0.4, -0.2) is 31.1 Å². The van der Waals surface area contributed by atoms with Crippen molar-refractivity contribution >= 4 is 11.8 Å². The third-order valence-electron chi connectivity index (χ3n) is 2.02. The highest BCUT2D eigenvalue weighted by atomic mass is 16.5. The second-order valence-corrected chi connectivity index (χ2v) is 3.12. The Morgan fingerprint density at radius 3 is 2.59 bits per heavy atom. The Morgan fingerprint density at radius 2 is 2.00 bits per heavy atom. The third-order valence-corrected chi connectivity index (χ3v) is 2.02. The zero-order chi connectivity index (χ0) is 12.8. The van der Waals surface area contributed by atoms with Gasteiger partial charge in [0.1, 0.15) is 5.75 Å². The molecule has 0 aromatic heterocycles. The van der Waals surface area contributed by atoms with Crippen LogP contribution in [0, 0.1) is 0 Å². The fourth-order valence-electron chi connectivity index (χ4n) is 1.15. The lowest BCUT2D eigenvalue weighted by Gasteiger charge is -2.01. The first-order valence-electron chi connectivity index (χ1n) is 4.76. The summed E-state index contributed by atoms with van der Waals surface area (Å²) in [6.07, 6.45) is 0.806. The van der Waals surface area contributed by atoms with Gasteiger partial charge < -0.3 is 14.6 Å². The molecule has 0 unspecified atom stereocenters. The minimum Gasteiger partial charge on any atom is -0.502 e. The lowest BCUT2D eigenvalue weighted by atomic mass is 10.1. The maximum absolute atomic E-state index is 11.6. The Labute approximate surface area is 98.3 Å². The molecule has 0 saturated heterocycles. The van der Waals surface area contributed by atoms with E-state index in [1.165, 1.54) is 13.2 Å². The van der Waals surface area contributed by atoms with Crippen molar-refractivity contribution in [2.24, 2.45) is 0 Å². The van der Waals surface area contributed by atoms with E-state index < -0.39 is 17.5 Å². The van der Waals surface area contributed by atoms with Crippen LogP contribution in [0.1, 0.15) is 10.4 Å². The Morgan fingerprint density at radius 1 is 1.29 bits per heavy atom. The van der Waals surface area contributed by atoms with Crippen molar-refractivity contribution in [1.29, 1.82) is 0 Å². The largest absolute Gasteiger partial charge is 0.502 e. The number of hydrogen-bond acceptors (Lipinski definition) is 5. The molecule has 5 heteroatoms. The van der Waals surface area contributed by atoms with Crippen LogP contribution < -0.4 is 4.74 Å². The number of ketones is 1. The SMILES string of the molecule is COC(=O)/C(O)=C/C(=O)c1cccc(OC)c1. The number of benzene rings is 1. The summed E-state index contributed by atoms with van der Waals surface area (Å²) in [6.45, 7) is 0. The number of carbonyl (C=O) groups excluding carboxylic acids is 2. The van der Waals surface area contributed by atoms with Gasteiger partial charge in [0.05, 0.1) is 14.2 Å². The third kappa shape index (κ3) is 3.34. The molecule has 0 amide bonds. The van der Waals surface area contributed by atoms with Crippen LogP contribution in [0.5, 0.6) is 5.75 Å². The first-order chi connectivity index (χ1) is 8.08. The number of esters is 1. The molecule has 90 valence electrons. The molecule has 5 nitrogen and oxygen atoms in total. The van der Waals surface area contributed by atoms with E-state index in [-0.39, 0.29) is 0 Å². The van der Waals surface area contributed by atoms with E-state index in [1.807, 2.05) is 0 Å². The summed E-state index contributed by atoms with van der Waals surface area (Å²) in [5.41, 5.74) is 0.305. The van der Waals surface area contributed by atoms with Crippen molar-refractivity contribution in [3.8, 4) is 5.75 Å². The van der Waals surface area contributed by atoms with Gasteiger partial charge in [-0.3, -0.25) is 4.79 Å². The van der Waals surface area contributed by atoms with E-state index >= 15 is 0 Å². The van der Waals surface area contributed by atoms with Crippen LogP contribution in [0.4, 0.5) is 0 Å². The number of carbonyl (C=O) groups is 2. The Kier molecular flexibility index (Phi) is 4.28. The number of aliphatic hydroxyl groups excluding tert-OH is 1. The van der Waals surface area contributed by atoms with Crippen LogP contribution in [0.3, 0.4) is 0 Å². The first kappa shape index (κ1) is 12.8. The summed E-state index contributed by atoms with van der Waals surface area (Å²) in [6, 6.07) is 6.37. The number of aliphatic hydroxyl groups is 1. The lowest BCUT2D eigenvalue weighted by Crippen LogP contribution is -2.07. The molecule has 1 rings (SSSR count). The zero-order valence-electron chi connectivity index (χ0n) is 9.47. The molecule has 0 aliphatic heterocycles. The Balaban J connectivity index is 2.93. The molecule has 1 N–H and O–H groups in total. The minimum atomic E-state index is -0.957. The van der Waals surface area contributed by atoms with Crippen molar-refractivity contribution in [1.82, 2.24) is 0 Å². The fraction of sp³-hybridized carbons (Fsp3) is 0.167. The molecule has 0 aliphatic carbocycles. The van der Waals surface area contributed by atoms with Crippen molar-refractivity contribution in [2.45, 2.75) is 0 Å². The second-order valence-electron chi connectivity index (χ2n) is 3.12. The molecule has 0 saturated carbocycles. The monoisotopic (exact) mass is 236 g/mol. The smallest absolute Gasteiger partial charge is 0.373 e. The van der Waals surface area contributed by atoms with Gasteiger partial charge >= 0.3 is 5.97 Å². The molecule has 0 aliphatic rings. The number of ether oxygens (including phenoxy) is 2. The second kappa shape index (κ2) is 5.69. The van der Waals surface area contributed by atoms with Crippen LogP contribution in [0.15, 0.2) is 36.1 Å². The molecule has 0 radical (unpaired) electrons.